The van der Waals surface area contributed by atoms with E-state index in [0.717, 1.165) is 0 Å². The second kappa shape index (κ2) is 9.10. The van der Waals surface area contributed by atoms with Crippen LogP contribution in [0.1, 0.15) is 101 Å². The summed E-state index contributed by atoms with van der Waals surface area (Å²) in [4.78, 5) is 3.01. The first kappa shape index (κ1) is 26.2. The van der Waals surface area contributed by atoms with Crippen molar-refractivity contribution in [3.63, 3.8) is 0 Å². The Morgan fingerprint density at radius 2 is 1.32 bits per heavy atom. The summed E-state index contributed by atoms with van der Waals surface area (Å²) < 4.78 is 7.03. The fourth-order valence-corrected chi connectivity index (χ4v) is 7.72. The lowest BCUT2D eigenvalue weighted by atomic mass is 9.61. The Bertz CT molecular complexity index is 490. The summed E-state index contributed by atoms with van der Waals surface area (Å²) in [5, 5.41) is 0. The number of rotatable bonds is 8. The molecule has 1 fully saturated rings. The lowest BCUT2D eigenvalue weighted by Crippen LogP contribution is -2.75. The Labute approximate surface area is 179 Å². The van der Waals surface area contributed by atoms with Gasteiger partial charge in [0.1, 0.15) is 0 Å². The van der Waals surface area contributed by atoms with E-state index < -0.39 is 8.32 Å². The van der Waals surface area contributed by atoms with Crippen LogP contribution in [0.25, 0.3) is 0 Å². The summed E-state index contributed by atoms with van der Waals surface area (Å²) in [6.07, 6.45) is 6.60. The van der Waals surface area contributed by atoms with E-state index in [1.54, 1.807) is 0 Å². The molecular weight excluding hydrogens is 358 g/mol. The first-order valence-electron chi connectivity index (χ1n) is 12.1. The summed E-state index contributed by atoms with van der Waals surface area (Å²) in [5.41, 5.74) is 0.478. The van der Waals surface area contributed by atoms with Crippen LogP contribution in [0.5, 0.6) is 0 Å². The van der Waals surface area contributed by atoms with Gasteiger partial charge < -0.3 is 4.43 Å². The van der Waals surface area contributed by atoms with Crippen LogP contribution < -0.4 is 0 Å². The fraction of sp³-hybridized carbons (Fsp3) is 1.00. The summed E-state index contributed by atoms with van der Waals surface area (Å²) in [5.74, 6) is 1.88. The summed E-state index contributed by atoms with van der Waals surface area (Å²) in [6, 6.07) is 0. The highest BCUT2D eigenvalue weighted by Crippen LogP contribution is 2.54. The first-order chi connectivity index (χ1) is 12.6. The van der Waals surface area contributed by atoms with Crippen molar-refractivity contribution in [2.75, 3.05) is 0 Å². The van der Waals surface area contributed by atoms with Gasteiger partial charge >= 0.3 is 0 Å². The van der Waals surface area contributed by atoms with Gasteiger partial charge in [-0.25, -0.2) is 0 Å². The molecule has 0 amide bonds. The van der Waals surface area contributed by atoms with Crippen molar-refractivity contribution in [2.45, 2.75) is 144 Å². The standard InChI is InChI=1S/C25H53NOSi/c1-14-24(21(7)19(3)4)17-16-18-25(15-2,26(24)23(8,9)10)22(20(5)6)27-28(11,12)13/h19-22H,14-18H2,1-13H3. The number of piperidine rings is 1. The molecule has 28 heavy (non-hydrogen) atoms. The van der Waals surface area contributed by atoms with Crippen LogP contribution in [-0.4, -0.2) is 35.9 Å². The normalized spacial score (nSPS) is 30.1. The maximum atomic E-state index is 7.03. The minimum atomic E-state index is -1.65. The molecule has 1 saturated heterocycles. The van der Waals surface area contributed by atoms with Gasteiger partial charge in [0.15, 0.2) is 8.32 Å². The van der Waals surface area contributed by atoms with Gasteiger partial charge in [-0.15, -0.1) is 0 Å². The average molecular weight is 412 g/mol. The van der Waals surface area contributed by atoms with Gasteiger partial charge in [-0.3, -0.25) is 4.90 Å². The lowest BCUT2D eigenvalue weighted by Gasteiger charge is -2.68. The number of hydrogen-bond donors (Lipinski definition) is 0. The molecule has 0 aromatic heterocycles. The van der Waals surface area contributed by atoms with Crippen molar-refractivity contribution in [3.05, 3.63) is 0 Å². The third-order valence-electron chi connectivity index (χ3n) is 7.47. The topological polar surface area (TPSA) is 12.5 Å². The van der Waals surface area contributed by atoms with Crippen molar-refractivity contribution in [1.29, 1.82) is 0 Å². The molecule has 0 aromatic carbocycles. The van der Waals surface area contributed by atoms with Gasteiger partial charge in [0.2, 0.25) is 0 Å². The van der Waals surface area contributed by atoms with Crippen molar-refractivity contribution < 1.29 is 4.43 Å². The molecule has 2 nitrogen and oxygen atoms in total. The summed E-state index contributed by atoms with van der Waals surface area (Å²) in [6.45, 7) is 31.4. The molecular formula is C25H53NOSi. The quantitative estimate of drug-likeness (QED) is 0.379. The Hall–Kier alpha value is 0.137. The molecule has 3 heteroatoms. The van der Waals surface area contributed by atoms with Crippen molar-refractivity contribution in [3.8, 4) is 0 Å². The van der Waals surface area contributed by atoms with Gasteiger partial charge in [-0.05, 0) is 90.3 Å². The van der Waals surface area contributed by atoms with Crippen LogP contribution in [0.2, 0.25) is 19.6 Å². The van der Waals surface area contributed by atoms with E-state index in [9.17, 15) is 0 Å². The average Bonchev–Trinajstić information content (AvgIpc) is 2.55. The summed E-state index contributed by atoms with van der Waals surface area (Å²) in [7, 11) is -1.65. The monoisotopic (exact) mass is 411 g/mol. The van der Waals surface area contributed by atoms with E-state index in [1.165, 1.54) is 32.1 Å². The van der Waals surface area contributed by atoms with E-state index in [0.29, 0.717) is 23.9 Å². The minimum Gasteiger partial charge on any atom is -0.413 e. The second-order valence-corrected chi connectivity index (χ2v) is 16.7. The molecule has 0 spiro atoms. The molecule has 0 radical (unpaired) electrons. The fourth-order valence-electron chi connectivity index (χ4n) is 6.47. The number of hydrogen-bond acceptors (Lipinski definition) is 2. The molecule has 168 valence electrons. The Morgan fingerprint density at radius 3 is 1.64 bits per heavy atom. The van der Waals surface area contributed by atoms with E-state index in [2.05, 4.69) is 93.8 Å². The van der Waals surface area contributed by atoms with Crippen molar-refractivity contribution >= 4 is 8.32 Å². The largest absolute Gasteiger partial charge is 0.413 e. The molecule has 1 aliphatic heterocycles. The number of likely N-dealkylation sites (tertiary alicyclic amines) is 1. The maximum absolute atomic E-state index is 7.03. The molecule has 1 rings (SSSR count). The zero-order valence-electron chi connectivity index (χ0n) is 21.7. The van der Waals surface area contributed by atoms with E-state index in [4.69, 9.17) is 4.43 Å². The van der Waals surface area contributed by atoms with E-state index in [-0.39, 0.29) is 16.6 Å². The van der Waals surface area contributed by atoms with Crippen molar-refractivity contribution in [2.24, 2.45) is 17.8 Å². The molecule has 0 saturated carbocycles. The van der Waals surface area contributed by atoms with Crippen molar-refractivity contribution in [1.82, 2.24) is 4.90 Å². The van der Waals surface area contributed by atoms with Gasteiger partial charge in [-0.1, -0.05) is 48.5 Å². The molecule has 4 atom stereocenters. The van der Waals surface area contributed by atoms with E-state index >= 15 is 0 Å². The third-order valence-corrected chi connectivity index (χ3v) is 8.43. The molecule has 0 N–H and O–H groups in total. The van der Waals surface area contributed by atoms with Crippen LogP contribution in [-0.2, 0) is 4.43 Å². The van der Waals surface area contributed by atoms with Crippen LogP contribution in [0.15, 0.2) is 0 Å². The molecule has 0 aliphatic carbocycles. The van der Waals surface area contributed by atoms with E-state index in [1.807, 2.05) is 0 Å². The minimum absolute atomic E-state index is 0.115. The Balaban J connectivity index is 3.74. The second-order valence-electron chi connectivity index (χ2n) is 12.2. The maximum Gasteiger partial charge on any atom is 0.184 e. The van der Waals surface area contributed by atoms with Crippen LogP contribution in [0.4, 0.5) is 0 Å². The van der Waals surface area contributed by atoms with Crippen LogP contribution in [0.3, 0.4) is 0 Å². The van der Waals surface area contributed by atoms with Crippen LogP contribution >= 0.6 is 0 Å². The van der Waals surface area contributed by atoms with Gasteiger partial charge in [-0.2, -0.15) is 0 Å². The molecule has 4 unspecified atom stereocenters. The SMILES string of the molecule is CCC1(C(C)C(C)C)CCCC(CC)(C(O[Si](C)(C)C)C(C)C)N1C(C)(C)C. The first-order valence-corrected chi connectivity index (χ1v) is 15.5. The predicted molar refractivity (Wildman–Crippen MR) is 129 cm³/mol. The molecule has 1 heterocycles. The highest BCUT2D eigenvalue weighted by atomic mass is 28.4. The lowest BCUT2D eigenvalue weighted by molar-refractivity contribution is -0.192. The van der Waals surface area contributed by atoms with Gasteiger partial charge in [0, 0.05) is 16.6 Å². The highest BCUT2D eigenvalue weighted by Gasteiger charge is 2.59. The zero-order chi connectivity index (χ0) is 22.1. The summed E-state index contributed by atoms with van der Waals surface area (Å²) >= 11 is 0. The molecule has 0 bridgehead atoms. The number of nitrogens with zero attached hydrogens (tertiary/aromatic N) is 1. The van der Waals surface area contributed by atoms with Gasteiger partial charge in [0.05, 0.1) is 6.10 Å². The predicted octanol–water partition coefficient (Wildman–Crippen LogP) is 7.74. The Kier molecular flexibility index (Phi) is 8.51. The molecule has 1 aliphatic rings. The smallest absolute Gasteiger partial charge is 0.184 e. The molecule has 0 aromatic rings. The third kappa shape index (κ3) is 5.06. The Morgan fingerprint density at radius 1 is 0.857 bits per heavy atom. The highest BCUT2D eigenvalue weighted by molar-refractivity contribution is 6.69. The van der Waals surface area contributed by atoms with Crippen LogP contribution in [0, 0.1) is 17.8 Å². The zero-order valence-corrected chi connectivity index (χ0v) is 22.7. The van der Waals surface area contributed by atoms with Gasteiger partial charge in [0.25, 0.3) is 0 Å².